The molecule has 4 nitrogen and oxygen atoms in total. The third-order valence-electron chi connectivity index (χ3n) is 12.0. The van der Waals surface area contributed by atoms with Gasteiger partial charge in [0, 0.05) is 50.4 Å². The lowest BCUT2D eigenvalue weighted by Gasteiger charge is -2.25. The van der Waals surface area contributed by atoms with Gasteiger partial charge in [0.25, 0.3) is 0 Å². The molecule has 2 heterocycles. The number of anilines is 3. The molecule has 12 rings (SSSR count). The van der Waals surface area contributed by atoms with Crippen molar-refractivity contribution in [3.8, 4) is 44.8 Å². The lowest BCUT2D eigenvalue weighted by Crippen LogP contribution is -2.09. The Labute approximate surface area is 358 Å². The van der Waals surface area contributed by atoms with Crippen molar-refractivity contribution in [1.29, 1.82) is 0 Å². The number of rotatable bonds is 7. The van der Waals surface area contributed by atoms with Crippen LogP contribution in [0.5, 0.6) is 0 Å². The summed E-state index contributed by atoms with van der Waals surface area (Å²) >= 11 is 0. The predicted molar refractivity (Wildman–Crippen MR) is 258 cm³/mol. The highest BCUT2D eigenvalue weighted by Crippen LogP contribution is 2.42. The van der Waals surface area contributed by atoms with E-state index in [2.05, 4.69) is 217 Å². The Morgan fingerprint density at radius 1 is 0.339 bits per heavy atom. The highest BCUT2D eigenvalue weighted by molar-refractivity contribution is 6.19. The molecule has 0 saturated carbocycles. The minimum Gasteiger partial charge on any atom is -0.456 e. The molecule has 0 radical (unpaired) electrons. The summed E-state index contributed by atoms with van der Waals surface area (Å²) in [5.41, 5.74) is 15.2. The Kier molecular flexibility index (Phi) is 8.46. The van der Waals surface area contributed by atoms with Crippen LogP contribution in [-0.2, 0) is 0 Å². The predicted octanol–water partition coefficient (Wildman–Crippen LogP) is 16.0. The van der Waals surface area contributed by atoms with Gasteiger partial charge in [-0.1, -0.05) is 164 Å². The van der Waals surface area contributed by atoms with Crippen LogP contribution in [-0.4, -0.2) is 9.97 Å². The Hall–Kier alpha value is -8.34. The summed E-state index contributed by atoms with van der Waals surface area (Å²) in [6.07, 6.45) is 0. The van der Waals surface area contributed by atoms with Gasteiger partial charge >= 0.3 is 0 Å². The van der Waals surface area contributed by atoms with Crippen LogP contribution in [0.25, 0.3) is 99.3 Å². The topological polar surface area (TPSA) is 42.2 Å². The maximum atomic E-state index is 6.56. The van der Waals surface area contributed by atoms with E-state index in [0.717, 1.165) is 105 Å². The second-order valence-corrected chi connectivity index (χ2v) is 15.7. The van der Waals surface area contributed by atoms with Gasteiger partial charge in [0.15, 0.2) is 0 Å². The zero-order valence-electron chi connectivity index (χ0n) is 33.6. The largest absolute Gasteiger partial charge is 0.456 e. The average molecular weight is 792 g/mol. The van der Waals surface area contributed by atoms with Gasteiger partial charge in [-0.15, -0.1) is 0 Å². The molecule has 0 spiro atoms. The van der Waals surface area contributed by atoms with Crippen molar-refractivity contribution >= 4 is 71.6 Å². The minimum atomic E-state index is 0.855. The van der Waals surface area contributed by atoms with Crippen LogP contribution < -0.4 is 4.90 Å². The first-order valence-electron chi connectivity index (χ1n) is 21.0. The van der Waals surface area contributed by atoms with Crippen LogP contribution in [0.1, 0.15) is 0 Å². The number of fused-ring (bicyclic) bond motifs is 8. The second kappa shape index (κ2) is 14.7. The number of benzene rings is 10. The van der Waals surface area contributed by atoms with E-state index >= 15 is 0 Å². The molecule has 2 aromatic heterocycles. The molecule has 0 bridgehead atoms. The maximum absolute atomic E-state index is 6.56. The van der Waals surface area contributed by atoms with E-state index in [1.807, 2.05) is 12.1 Å². The minimum absolute atomic E-state index is 0.855. The summed E-state index contributed by atoms with van der Waals surface area (Å²) in [5.74, 6) is 0. The first-order chi connectivity index (χ1) is 30.7. The van der Waals surface area contributed by atoms with Gasteiger partial charge in [-0.3, -0.25) is 0 Å². The summed E-state index contributed by atoms with van der Waals surface area (Å²) in [4.78, 5) is 13.0. The molecule has 0 atom stereocenters. The molecule has 290 valence electrons. The van der Waals surface area contributed by atoms with Gasteiger partial charge in [0.2, 0.25) is 0 Å². The molecule has 0 aliphatic carbocycles. The fourth-order valence-corrected chi connectivity index (χ4v) is 9.08. The van der Waals surface area contributed by atoms with Gasteiger partial charge in [-0.25, -0.2) is 9.97 Å². The second-order valence-electron chi connectivity index (χ2n) is 15.7. The molecule has 4 heteroatoms. The molecule has 0 N–H and O–H groups in total. The standard InChI is InChI=1S/C58H37N3O/c1-5-14-39(15-6-1)48-22-13-23-52-55(48)50-34-32-47(37-53(50)62-52)61(45-20-11-4-12-21-45)46-30-26-38(27-31-46)43-28-33-49-44(36-43)25-24-40-29-35-51-58(54(40)49)60-57(42-18-9-3-10-19-42)56(59-51)41-16-7-2-8-17-41/h1-37H. The van der Waals surface area contributed by atoms with Crippen LogP contribution in [0.15, 0.2) is 229 Å². The molecule has 62 heavy (non-hydrogen) atoms. The zero-order chi connectivity index (χ0) is 41.0. The van der Waals surface area contributed by atoms with E-state index in [9.17, 15) is 0 Å². The van der Waals surface area contributed by atoms with Crippen LogP contribution in [0.2, 0.25) is 0 Å². The summed E-state index contributed by atoms with van der Waals surface area (Å²) in [6.45, 7) is 0. The monoisotopic (exact) mass is 791 g/mol. The summed E-state index contributed by atoms with van der Waals surface area (Å²) in [7, 11) is 0. The number of hydrogen-bond acceptors (Lipinski definition) is 4. The van der Waals surface area contributed by atoms with Crippen molar-refractivity contribution in [1.82, 2.24) is 9.97 Å². The van der Waals surface area contributed by atoms with Crippen molar-refractivity contribution in [2.24, 2.45) is 0 Å². The molecule has 12 aromatic rings. The molecule has 0 amide bonds. The fraction of sp³-hybridized carbons (Fsp3) is 0. The molecule has 0 fully saturated rings. The molecular formula is C58H37N3O. The fourth-order valence-electron chi connectivity index (χ4n) is 9.08. The molecular weight excluding hydrogens is 755 g/mol. The molecule has 0 saturated heterocycles. The Bertz CT molecular complexity index is 3600. The van der Waals surface area contributed by atoms with Gasteiger partial charge in [-0.2, -0.15) is 0 Å². The van der Waals surface area contributed by atoms with Crippen LogP contribution in [0.4, 0.5) is 17.1 Å². The number of aromatic nitrogens is 2. The first-order valence-corrected chi connectivity index (χ1v) is 21.0. The lowest BCUT2D eigenvalue weighted by atomic mass is 9.96. The van der Waals surface area contributed by atoms with Crippen LogP contribution in [0, 0.1) is 0 Å². The highest BCUT2D eigenvalue weighted by atomic mass is 16.3. The third-order valence-corrected chi connectivity index (χ3v) is 12.0. The van der Waals surface area contributed by atoms with Crippen molar-refractivity contribution < 1.29 is 4.42 Å². The SMILES string of the molecule is c1ccc(-c2nc3ccc4ccc5cc(-c6ccc(N(c7ccccc7)c7ccc8c(c7)oc7cccc(-c9ccccc9)c78)cc6)ccc5c4c3nc2-c2ccccc2)cc1. The first kappa shape index (κ1) is 35.6. The van der Waals surface area contributed by atoms with Crippen molar-refractivity contribution in [2.75, 3.05) is 4.90 Å². The Morgan fingerprint density at radius 2 is 0.919 bits per heavy atom. The van der Waals surface area contributed by atoms with Gasteiger partial charge in [-0.05, 0) is 93.0 Å². The van der Waals surface area contributed by atoms with E-state index < -0.39 is 0 Å². The van der Waals surface area contributed by atoms with Gasteiger partial charge in [0.1, 0.15) is 11.2 Å². The Balaban J connectivity index is 0.935. The molecule has 0 aliphatic rings. The molecule has 0 unspecified atom stereocenters. The summed E-state index contributed by atoms with van der Waals surface area (Å²) < 4.78 is 6.56. The van der Waals surface area contributed by atoms with Crippen LogP contribution >= 0.6 is 0 Å². The van der Waals surface area contributed by atoms with E-state index in [1.54, 1.807) is 0 Å². The lowest BCUT2D eigenvalue weighted by molar-refractivity contribution is 0.669. The van der Waals surface area contributed by atoms with Gasteiger partial charge in [0.05, 0.1) is 22.4 Å². The quantitative estimate of drug-likeness (QED) is 0.151. The van der Waals surface area contributed by atoms with Gasteiger partial charge < -0.3 is 9.32 Å². The normalized spacial score (nSPS) is 11.5. The third kappa shape index (κ3) is 6.08. The van der Waals surface area contributed by atoms with E-state index in [-0.39, 0.29) is 0 Å². The van der Waals surface area contributed by atoms with E-state index in [0.29, 0.717) is 0 Å². The smallest absolute Gasteiger partial charge is 0.137 e. The van der Waals surface area contributed by atoms with Crippen molar-refractivity contribution in [2.45, 2.75) is 0 Å². The van der Waals surface area contributed by atoms with Crippen molar-refractivity contribution in [3.63, 3.8) is 0 Å². The maximum Gasteiger partial charge on any atom is 0.137 e. The number of para-hydroxylation sites is 1. The molecule has 0 aliphatic heterocycles. The number of hydrogen-bond donors (Lipinski definition) is 0. The van der Waals surface area contributed by atoms with Crippen LogP contribution in [0.3, 0.4) is 0 Å². The molecule has 10 aromatic carbocycles. The number of nitrogens with zero attached hydrogens (tertiary/aromatic N) is 3. The van der Waals surface area contributed by atoms with E-state index in [4.69, 9.17) is 14.4 Å². The average Bonchev–Trinajstić information content (AvgIpc) is 3.73. The Morgan fingerprint density at radius 3 is 1.65 bits per heavy atom. The number of furan rings is 1. The zero-order valence-corrected chi connectivity index (χ0v) is 33.6. The van der Waals surface area contributed by atoms with E-state index in [1.165, 1.54) is 11.1 Å². The summed E-state index contributed by atoms with van der Waals surface area (Å²) in [5, 5.41) is 6.80. The summed E-state index contributed by atoms with van der Waals surface area (Å²) in [6, 6.07) is 79.0. The van der Waals surface area contributed by atoms with Crippen molar-refractivity contribution in [3.05, 3.63) is 224 Å². The highest BCUT2D eigenvalue weighted by Gasteiger charge is 2.19.